The van der Waals surface area contributed by atoms with Crippen molar-refractivity contribution in [2.24, 2.45) is 5.92 Å². The summed E-state index contributed by atoms with van der Waals surface area (Å²) in [5.41, 5.74) is 2.00. The molecule has 2 N–H and O–H groups in total. The Kier molecular flexibility index (Phi) is 4.23. The summed E-state index contributed by atoms with van der Waals surface area (Å²) in [6.45, 7) is 4.88. The summed E-state index contributed by atoms with van der Waals surface area (Å²) in [5.74, 6) is 0.242. The Morgan fingerprint density at radius 2 is 2.21 bits per heavy atom. The first-order valence-corrected chi connectivity index (χ1v) is 5.12. The molecule has 0 radical (unpaired) electrons. The van der Waals surface area contributed by atoms with Crippen LogP contribution in [0.25, 0.3) is 0 Å². The molecule has 1 atom stereocenters. The standard InChI is InChI=1S/C11H16ClNO/c1-8(7-14)6-13-10-5-3-4-9(2)11(10)12/h3-5,8,13-14H,6-7H2,1-2H3. The Bertz CT molecular complexity index is 301. The van der Waals surface area contributed by atoms with Gasteiger partial charge in [0.05, 0.1) is 10.7 Å². The van der Waals surface area contributed by atoms with Crippen molar-refractivity contribution >= 4 is 17.3 Å². The lowest BCUT2D eigenvalue weighted by molar-refractivity contribution is 0.244. The van der Waals surface area contributed by atoms with E-state index in [9.17, 15) is 0 Å². The molecular weight excluding hydrogens is 198 g/mol. The summed E-state index contributed by atoms with van der Waals surface area (Å²) >= 11 is 6.09. The van der Waals surface area contributed by atoms with Gasteiger partial charge in [0.2, 0.25) is 0 Å². The number of nitrogens with one attached hydrogen (secondary N) is 1. The third kappa shape index (κ3) is 2.89. The molecule has 0 aliphatic carbocycles. The Morgan fingerprint density at radius 1 is 1.50 bits per heavy atom. The van der Waals surface area contributed by atoms with Gasteiger partial charge in [-0.3, -0.25) is 0 Å². The minimum absolute atomic E-state index is 0.191. The highest BCUT2D eigenvalue weighted by atomic mass is 35.5. The Morgan fingerprint density at radius 3 is 2.86 bits per heavy atom. The van der Waals surface area contributed by atoms with Gasteiger partial charge in [-0.15, -0.1) is 0 Å². The number of anilines is 1. The molecule has 0 saturated heterocycles. The summed E-state index contributed by atoms with van der Waals surface area (Å²) in [7, 11) is 0. The number of halogens is 1. The van der Waals surface area contributed by atoms with Crippen LogP contribution < -0.4 is 5.32 Å². The van der Waals surface area contributed by atoms with Gasteiger partial charge in [-0.1, -0.05) is 30.7 Å². The molecule has 0 aromatic heterocycles. The van der Waals surface area contributed by atoms with E-state index in [1.54, 1.807) is 0 Å². The molecule has 3 heteroatoms. The predicted molar refractivity (Wildman–Crippen MR) is 60.9 cm³/mol. The van der Waals surface area contributed by atoms with Crippen LogP contribution in [0, 0.1) is 12.8 Å². The second-order valence-corrected chi connectivity index (χ2v) is 3.98. The van der Waals surface area contributed by atoms with Crippen molar-refractivity contribution in [3.8, 4) is 0 Å². The van der Waals surface area contributed by atoms with E-state index in [1.807, 2.05) is 32.0 Å². The molecular formula is C11H16ClNO. The van der Waals surface area contributed by atoms with Crippen molar-refractivity contribution in [2.75, 3.05) is 18.5 Å². The van der Waals surface area contributed by atoms with Crippen LogP contribution in [0.2, 0.25) is 5.02 Å². The van der Waals surface area contributed by atoms with E-state index in [0.717, 1.165) is 22.8 Å². The lowest BCUT2D eigenvalue weighted by atomic mass is 10.2. The van der Waals surface area contributed by atoms with Gasteiger partial charge in [0, 0.05) is 13.2 Å². The average molecular weight is 214 g/mol. The van der Waals surface area contributed by atoms with Gasteiger partial charge in [-0.25, -0.2) is 0 Å². The Balaban J connectivity index is 2.63. The van der Waals surface area contributed by atoms with Crippen LogP contribution in [0.15, 0.2) is 18.2 Å². The first-order valence-electron chi connectivity index (χ1n) is 4.75. The molecule has 0 aliphatic rings. The van der Waals surface area contributed by atoms with E-state index in [2.05, 4.69) is 5.32 Å². The summed E-state index contributed by atoms with van der Waals surface area (Å²) < 4.78 is 0. The van der Waals surface area contributed by atoms with Crippen molar-refractivity contribution in [2.45, 2.75) is 13.8 Å². The zero-order valence-corrected chi connectivity index (χ0v) is 9.30. The third-order valence-corrected chi connectivity index (χ3v) is 2.65. The van der Waals surface area contributed by atoms with E-state index in [-0.39, 0.29) is 12.5 Å². The van der Waals surface area contributed by atoms with Crippen LogP contribution >= 0.6 is 11.6 Å². The molecule has 14 heavy (non-hydrogen) atoms. The second-order valence-electron chi connectivity index (χ2n) is 3.61. The van der Waals surface area contributed by atoms with Gasteiger partial charge in [0.25, 0.3) is 0 Å². The molecule has 0 spiro atoms. The van der Waals surface area contributed by atoms with Crippen molar-refractivity contribution < 1.29 is 5.11 Å². The molecule has 1 unspecified atom stereocenters. The zero-order valence-electron chi connectivity index (χ0n) is 8.55. The van der Waals surface area contributed by atoms with Gasteiger partial charge >= 0.3 is 0 Å². The first-order chi connectivity index (χ1) is 6.65. The SMILES string of the molecule is Cc1cccc(NCC(C)CO)c1Cl. The maximum atomic E-state index is 8.86. The smallest absolute Gasteiger partial charge is 0.0666 e. The summed E-state index contributed by atoms with van der Waals surface area (Å²) in [6, 6.07) is 5.88. The maximum absolute atomic E-state index is 8.86. The molecule has 0 amide bonds. The number of aryl methyl sites for hydroxylation is 1. The van der Waals surface area contributed by atoms with E-state index < -0.39 is 0 Å². The molecule has 1 aromatic rings. The van der Waals surface area contributed by atoms with Crippen LogP contribution in [0.3, 0.4) is 0 Å². The number of rotatable bonds is 4. The van der Waals surface area contributed by atoms with Gasteiger partial charge in [0.15, 0.2) is 0 Å². The predicted octanol–water partition coefficient (Wildman–Crippen LogP) is 2.69. The molecule has 1 aromatic carbocycles. The minimum atomic E-state index is 0.191. The Labute approximate surface area is 89.9 Å². The molecule has 0 fully saturated rings. The van der Waals surface area contributed by atoms with E-state index in [4.69, 9.17) is 16.7 Å². The number of hydrogen-bond acceptors (Lipinski definition) is 2. The molecule has 0 bridgehead atoms. The number of aliphatic hydroxyl groups is 1. The molecule has 1 rings (SSSR count). The van der Waals surface area contributed by atoms with Crippen molar-refractivity contribution in [1.29, 1.82) is 0 Å². The van der Waals surface area contributed by atoms with Crippen molar-refractivity contribution in [3.05, 3.63) is 28.8 Å². The Hall–Kier alpha value is -0.730. The minimum Gasteiger partial charge on any atom is -0.396 e. The van der Waals surface area contributed by atoms with E-state index >= 15 is 0 Å². The lowest BCUT2D eigenvalue weighted by Crippen LogP contribution is -2.14. The average Bonchev–Trinajstić information content (AvgIpc) is 2.20. The highest BCUT2D eigenvalue weighted by Gasteiger charge is 2.04. The van der Waals surface area contributed by atoms with Crippen LogP contribution in [0.4, 0.5) is 5.69 Å². The van der Waals surface area contributed by atoms with Gasteiger partial charge in [0.1, 0.15) is 0 Å². The van der Waals surface area contributed by atoms with Gasteiger partial charge in [-0.2, -0.15) is 0 Å². The zero-order chi connectivity index (χ0) is 10.6. The molecule has 78 valence electrons. The van der Waals surface area contributed by atoms with E-state index in [0.29, 0.717) is 0 Å². The fraction of sp³-hybridized carbons (Fsp3) is 0.455. The van der Waals surface area contributed by atoms with E-state index in [1.165, 1.54) is 0 Å². The van der Waals surface area contributed by atoms with Gasteiger partial charge < -0.3 is 10.4 Å². The maximum Gasteiger partial charge on any atom is 0.0666 e. The van der Waals surface area contributed by atoms with Crippen LogP contribution in [0.1, 0.15) is 12.5 Å². The normalized spacial score (nSPS) is 12.6. The monoisotopic (exact) mass is 213 g/mol. The highest BCUT2D eigenvalue weighted by Crippen LogP contribution is 2.25. The molecule has 0 saturated carbocycles. The lowest BCUT2D eigenvalue weighted by Gasteiger charge is -2.12. The quantitative estimate of drug-likeness (QED) is 0.806. The fourth-order valence-electron chi connectivity index (χ4n) is 1.13. The summed E-state index contributed by atoms with van der Waals surface area (Å²) in [6.07, 6.45) is 0. The second kappa shape index (κ2) is 5.23. The number of benzene rings is 1. The fourth-order valence-corrected chi connectivity index (χ4v) is 1.33. The molecule has 0 aliphatic heterocycles. The number of hydrogen-bond donors (Lipinski definition) is 2. The van der Waals surface area contributed by atoms with Crippen molar-refractivity contribution in [1.82, 2.24) is 0 Å². The summed E-state index contributed by atoms with van der Waals surface area (Å²) in [5, 5.41) is 12.8. The molecule has 2 nitrogen and oxygen atoms in total. The van der Waals surface area contributed by atoms with Crippen LogP contribution in [-0.4, -0.2) is 18.3 Å². The third-order valence-electron chi connectivity index (χ3n) is 2.14. The highest BCUT2D eigenvalue weighted by molar-refractivity contribution is 6.33. The number of aliphatic hydroxyl groups excluding tert-OH is 1. The largest absolute Gasteiger partial charge is 0.396 e. The first kappa shape index (κ1) is 11.3. The van der Waals surface area contributed by atoms with Crippen LogP contribution in [-0.2, 0) is 0 Å². The van der Waals surface area contributed by atoms with Crippen molar-refractivity contribution in [3.63, 3.8) is 0 Å². The topological polar surface area (TPSA) is 32.3 Å². The molecule has 0 heterocycles. The van der Waals surface area contributed by atoms with Gasteiger partial charge in [-0.05, 0) is 24.5 Å². The summed E-state index contributed by atoms with van der Waals surface area (Å²) in [4.78, 5) is 0. The van der Waals surface area contributed by atoms with Crippen LogP contribution in [0.5, 0.6) is 0 Å².